The molecule has 9 N–H and O–H groups in total. The molecule has 0 bridgehead atoms. The zero-order chi connectivity index (χ0) is 44.3. The third-order valence-corrected chi connectivity index (χ3v) is 9.22. The summed E-state index contributed by atoms with van der Waals surface area (Å²) in [5.74, 6) is -11.4. The summed E-state index contributed by atoms with van der Waals surface area (Å²) in [5, 5.41) is 41.9. The van der Waals surface area contributed by atoms with Gasteiger partial charge in [-0.15, -0.1) is 0 Å². The SMILES string of the molecule is CCC[C@H](NC(=O)[C@@H]1CCCN1C(=O)[C@@H](NC(=O)[C@@H](NC(=O)[C@H](CCC(=O)O)NC(=O)[C@H](CCC(=O)O)NC(C)=O)C(C)C)C(C)C)C(=O)C(=O)NCCCC(=O)O. The Hall–Kier alpha value is -5.63. The number of nitrogens with one attached hydrogen (secondary N) is 6. The quantitative estimate of drug-likeness (QED) is 0.0366. The molecule has 0 radical (unpaired) electrons. The summed E-state index contributed by atoms with van der Waals surface area (Å²) in [6.45, 7) is 9.39. The molecule has 0 aromatic heterocycles. The number of likely N-dealkylation sites (tertiary alicyclic amines) is 1. The van der Waals surface area contributed by atoms with Gasteiger partial charge in [-0.25, -0.2) is 0 Å². The van der Waals surface area contributed by atoms with Gasteiger partial charge in [-0.1, -0.05) is 41.0 Å². The van der Waals surface area contributed by atoms with Crippen LogP contribution in [0.5, 0.6) is 0 Å². The predicted octanol–water partition coefficient (Wildman–Crippen LogP) is -1.19. The fourth-order valence-electron chi connectivity index (χ4n) is 6.13. The molecule has 1 aliphatic rings. The van der Waals surface area contributed by atoms with Gasteiger partial charge in [0.25, 0.3) is 5.91 Å². The Kier molecular flexibility index (Phi) is 21.6. The lowest BCUT2D eigenvalue weighted by Gasteiger charge is -2.33. The number of nitrogens with zero attached hydrogens (tertiary/aromatic N) is 1. The second-order valence-electron chi connectivity index (χ2n) is 14.8. The number of hydrogen-bond donors (Lipinski definition) is 9. The molecule has 0 spiro atoms. The minimum Gasteiger partial charge on any atom is -0.481 e. The Bertz CT molecular complexity index is 1530. The zero-order valence-electron chi connectivity index (χ0n) is 33.9. The average molecular weight is 826 g/mol. The van der Waals surface area contributed by atoms with Crippen LogP contribution in [0.15, 0.2) is 0 Å². The van der Waals surface area contributed by atoms with Crippen molar-refractivity contribution in [2.75, 3.05) is 13.1 Å². The molecule has 1 aliphatic heterocycles. The van der Waals surface area contributed by atoms with Gasteiger partial charge in [0.15, 0.2) is 0 Å². The van der Waals surface area contributed by atoms with Crippen LogP contribution in [0, 0.1) is 11.8 Å². The van der Waals surface area contributed by atoms with Crippen LogP contribution in [0.25, 0.3) is 0 Å². The van der Waals surface area contributed by atoms with Gasteiger partial charge in [0, 0.05) is 39.3 Å². The summed E-state index contributed by atoms with van der Waals surface area (Å²) < 4.78 is 0. The molecule has 21 nitrogen and oxygen atoms in total. The van der Waals surface area contributed by atoms with Crippen molar-refractivity contribution < 1.29 is 68.1 Å². The number of amides is 7. The molecule has 1 fully saturated rings. The first-order valence-electron chi connectivity index (χ1n) is 19.4. The number of rotatable bonds is 26. The van der Waals surface area contributed by atoms with Crippen molar-refractivity contribution in [3.05, 3.63) is 0 Å². The van der Waals surface area contributed by atoms with Crippen LogP contribution in [-0.4, -0.2) is 135 Å². The first kappa shape index (κ1) is 50.4. The second-order valence-corrected chi connectivity index (χ2v) is 14.8. The molecular formula is C37H59N7O14. The van der Waals surface area contributed by atoms with Crippen LogP contribution in [0.3, 0.4) is 0 Å². The minimum atomic E-state index is -1.53. The van der Waals surface area contributed by atoms with Crippen molar-refractivity contribution in [3.8, 4) is 0 Å². The van der Waals surface area contributed by atoms with Crippen LogP contribution in [0.1, 0.15) is 106 Å². The van der Waals surface area contributed by atoms with E-state index < -0.39 is 132 Å². The molecule has 326 valence electrons. The Labute approximate surface area is 336 Å². The van der Waals surface area contributed by atoms with E-state index in [1.54, 1.807) is 34.6 Å². The molecule has 0 saturated carbocycles. The van der Waals surface area contributed by atoms with Gasteiger partial charge in [0.1, 0.15) is 30.2 Å². The summed E-state index contributed by atoms with van der Waals surface area (Å²) in [4.78, 5) is 140. The molecule has 6 atom stereocenters. The van der Waals surface area contributed by atoms with Crippen molar-refractivity contribution in [2.45, 2.75) is 142 Å². The molecule has 0 aliphatic carbocycles. The standard InChI is InChI=1S/C37H59N7O14/c1-7-10-22(31(52)36(57)38-17-8-12-26(46)47)40-34(55)25-11-9-18-44(25)37(58)30(20(4)5)43-35(56)29(19(2)3)42-33(54)24(14-16-28(50)51)41-32(53)23(39-21(6)45)13-15-27(48)49/h19-20,22-25,29-30H,7-18H2,1-6H3,(H,38,57)(H,39,45)(H,40,55)(H,41,53)(H,42,54)(H,43,56)(H,46,47)(H,48,49)(H,50,51)/t22-,23-,24-,25-,29-,30-/m0/s1. The van der Waals surface area contributed by atoms with E-state index in [0.29, 0.717) is 12.8 Å². The molecule has 0 aromatic carbocycles. The summed E-state index contributed by atoms with van der Waals surface area (Å²) >= 11 is 0. The van der Waals surface area contributed by atoms with Crippen LogP contribution < -0.4 is 31.9 Å². The number of carboxylic acid groups (broad SMARTS) is 3. The number of ketones is 1. The van der Waals surface area contributed by atoms with Gasteiger partial charge in [-0.05, 0) is 50.4 Å². The van der Waals surface area contributed by atoms with E-state index in [9.17, 15) is 57.8 Å². The van der Waals surface area contributed by atoms with Gasteiger partial charge < -0.3 is 52.1 Å². The van der Waals surface area contributed by atoms with Crippen LogP contribution >= 0.6 is 0 Å². The van der Waals surface area contributed by atoms with Crippen molar-refractivity contribution in [1.82, 2.24) is 36.8 Å². The maximum Gasteiger partial charge on any atom is 0.303 e. The Morgan fingerprint density at radius 2 is 1.16 bits per heavy atom. The third-order valence-electron chi connectivity index (χ3n) is 9.22. The highest BCUT2D eigenvalue weighted by Gasteiger charge is 2.41. The maximum atomic E-state index is 14.0. The lowest BCUT2D eigenvalue weighted by molar-refractivity contribution is -0.144. The first-order chi connectivity index (χ1) is 27.1. The number of carbonyl (C=O) groups excluding carboxylic acids is 8. The maximum absolute atomic E-state index is 14.0. The summed E-state index contributed by atoms with van der Waals surface area (Å²) in [5.41, 5.74) is 0. The predicted molar refractivity (Wildman–Crippen MR) is 203 cm³/mol. The average Bonchev–Trinajstić information content (AvgIpc) is 3.63. The highest BCUT2D eigenvalue weighted by molar-refractivity contribution is 6.38. The summed E-state index contributed by atoms with van der Waals surface area (Å²) in [6.07, 6.45) is -0.805. The Morgan fingerprint density at radius 1 is 0.638 bits per heavy atom. The molecule has 1 rings (SSSR count). The number of carbonyl (C=O) groups is 11. The first-order valence-corrected chi connectivity index (χ1v) is 19.4. The van der Waals surface area contributed by atoms with Gasteiger partial charge in [-0.3, -0.25) is 52.7 Å². The van der Waals surface area contributed by atoms with Crippen LogP contribution in [-0.2, 0) is 52.7 Å². The van der Waals surface area contributed by atoms with E-state index in [0.717, 1.165) is 6.92 Å². The monoisotopic (exact) mass is 825 g/mol. The lowest BCUT2D eigenvalue weighted by Crippen LogP contribution is -2.61. The van der Waals surface area contributed by atoms with Crippen molar-refractivity contribution in [1.29, 1.82) is 0 Å². The molecule has 21 heteroatoms. The fraction of sp³-hybridized carbons (Fsp3) is 0.703. The van der Waals surface area contributed by atoms with E-state index in [1.165, 1.54) is 4.90 Å². The van der Waals surface area contributed by atoms with E-state index in [-0.39, 0.29) is 45.2 Å². The smallest absolute Gasteiger partial charge is 0.303 e. The number of Topliss-reactive ketones (excluding diaryl/α,β-unsaturated/α-hetero) is 1. The Balaban J connectivity index is 3.19. The second kappa shape index (κ2) is 24.9. The highest BCUT2D eigenvalue weighted by Crippen LogP contribution is 2.21. The third kappa shape index (κ3) is 17.2. The molecule has 1 saturated heterocycles. The minimum absolute atomic E-state index is 0.0589. The van der Waals surface area contributed by atoms with E-state index in [4.69, 9.17) is 10.2 Å². The molecule has 58 heavy (non-hydrogen) atoms. The number of carboxylic acids is 3. The highest BCUT2D eigenvalue weighted by atomic mass is 16.4. The normalized spacial score (nSPS) is 16.2. The van der Waals surface area contributed by atoms with Gasteiger partial charge in [0.05, 0.1) is 6.04 Å². The van der Waals surface area contributed by atoms with Crippen molar-refractivity contribution in [2.24, 2.45) is 11.8 Å². The Morgan fingerprint density at radius 3 is 1.66 bits per heavy atom. The number of hydrogen-bond acceptors (Lipinski definition) is 11. The van der Waals surface area contributed by atoms with Gasteiger partial charge >= 0.3 is 17.9 Å². The molecular weight excluding hydrogens is 766 g/mol. The molecule has 1 heterocycles. The largest absolute Gasteiger partial charge is 0.481 e. The fourth-order valence-corrected chi connectivity index (χ4v) is 6.13. The lowest BCUT2D eigenvalue weighted by atomic mass is 9.98. The van der Waals surface area contributed by atoms with E-state index in [1.807, 2.05) is 0 Å². The van der Waals surface area contributed by atoms with E-state index in [2.05, 4.69) is 31.9 Å². The van der Waals surface area contributed by atoms with Gasteiger partial charge in [0.2, 0.25) is 41.2 Å². The molecule has 7 amide bonds. The van der Waals surface area contributed by atoms with Crippen molar-refractivity contribution >= 4 is 65.0 Å². The van der Waals surface area contributed by atoms with E-state index >= 15 is 0 Å². The summed E-state index contributed by atoms with van der Waals surface area (Å²) in [6, 6.07) is -7.69. The van der Waals surface area contributed by atoms with Crippen molar-refractivity contribution in [3.63, 3.8) is 0 Å². The topological polar surface area (TPSA) is 324 Å². The van der Waals surface area contributed by atoms with Crippen LogP contribution in [0.4, 0.5) is 0 Å². The number of aliphatic carboxylic acids is 3. The molecule has 0 aromatic rings. The summed E-state index contributed by atoms with van der Waals surface area (Å²) in [7, 11) is 0. The molecule has 0 unspecified atom stereocenters. The zero-order valence-corrected chi connectivity index (χ0v) is 33.9. The van der Waals surface area contributed by atoms with Crippen LogP contribution in [0.2, 0.25) is 0 Å². The van der Waals surface area contributed by atoms with Gasteiger partial charge in [-0.2, -0.15) is 0 Å².